The number of rotatable bonds is 4. The summed E-state index contributed by atoms with van der Waals surface area (Å²) in [6.07, 6.45) is 2.23. The normalized spacial score (nSPS) is 19.0. The van der Waals surface area contributed by atoms with Crippen LogP contribution in [0.4, 0.5) is 10.1 Å². The molecule has 33 heavy (non-hydrogen) atoms. The number of piperidine rings is 1. The Kier molecular flexibility index (Phi) is 7.86. The van der Waals surface area contributed by atoms with Crippen LogP contribution in [0.25, 0.3) is 0 Å². The number of aliphatic hydroxyl groups is 2. The van der Waals surface area contributed by atoms with Gasteiger partial charge in [-0.25, -0.2) is 4.39 Å². The standard InChI is InChI=1S/C22H25FN2O3.CH4O3S/c23-18-3-1-2-17(13-18)22(28)8-10-25(11-9-22)14-20(26)16-4-6-19-15(12-16)5-7-21(27)24-19;1-5(2,3)4/h1-4,6,12-13,20,26,28H,5,7-11,14H2,(H,24,27);1H3,(H,2,3,4). The molecular formula is C23H29FN2O6S. The first-order valence-corrected chi connectivity index (χ1v) is 12.5. The number of aliphatic hydroxyl groups excluding tert-OH is 1. The number of anilines is 1. The summed E-state index contributed by atoms with van der Waals surface area (Å²) in [5.74, 6) is -0.313. The van der Waals surface area contributed by atoms with E-state index >= 15 is 0 Å². The van der Waals surface area contributed by atoms with Crippen molar-refractivity contribution in [1.82, 2.24) is 4.90 Å². The molecule has 4 N–H and O–H groups in total. The van der Waals surface area contributed by atoms with Crippen molar-refractivity contribution in [3.63, 3.8) is 0 Å². The van der Waals surface area contributed by atoms with Gasteiger partial charge in [0, 0.05) is 31.7 Å². The van der Waals surface area contributed by atoms with Crippen LogP contribution in [0, 0.1) is 5.82 Å². The maximum absolute atomic E-state index is 13.5. The van der Waals surface area contributed by atoms with Crippen LogP contribution in [-0.4, -0.2) is 59.9 Å². The zero-order valence-electron chi connectivity index (χ0n) is 18.4. The quantitative estimate of drug-likeness (QED) is 0.494. The van der Waals surface area contributed by atoms with Crippen LogP contribution in [0.3, 0.4) is 0 Å². The number of hydrogen-bond donors (Lipinski definition) is 4. The van der Waals surface area contributed by atoms with Gasteiger partial charge in [-0.2, -0.15) is 8.42 Å². The smallest absolute Gasteiger partial charge is 0.261 e. The minimum Gasteiger partial charge on any atom is -0.387 e. The number of nitrogens with zero attached hydrogens (tertiary/aromatic N) is 1. The van der Waals surface area contributed by atoms with Gasteiger partial charge in [0.1, 0.15) is 5.82 Å². The number of aryl methyl sites for hydroxylation is 1. The Labute approximate surface area is 192 Å². The Hall–Kier alpha value is -2.37. The SMILES string of the molecule is CS(=O)(=O)O.O=C1CCc2cc(C(O)CN3CCC(O)(c4cccc(F)c4)CC3)ccc2N1. The first-order valence-electron chi connectivity index (χ1n) is 10.7. The molecule has 4 rings (SSSR count). The van der Waals surface area contributed by atoms with Gasteiger partial charge in [-0.05, 0) is 54.2 Å². The fraction of sp³-hybridized carbons (Fsp3) is 0.435. The van der Waals surface area contributed by atoms with Gasteiger partial charge >= 0.3 is 0 Å². The predicted octanol–water partition coefficient (Wildman–Crippen LogP) is 2.23. The largest absolute Gasteiger partial charge is 0.387 e. The van der Waals surface area contributed by atoms with Crippen LogP contribution in [0.15, 0.2) is 42.5 Å². The van der Waals surface area contributed by atoms with Gasteiger partial charge in [0.25, 0.3) is 10.1 Å². The summed E-state index contributed by atoms with van der Waals surface area (Å²) in [6.45, 7) is 1.74. The molecule has 1 fully saturated rings. The maximum atomic E-state index is 13.5. The number of hydrogen-bond acceptors (Lipinski definition) is 6. The van der Waals surface area contributed by atoms with Gasteiger partial charge < -0.3 is 20.4 Å². The van der Waals surface area contributed by atoms with E-state index in [1.54, 1.807) is 12.1 Å². The topological polar surface area (TPSA) is 127 Å². The molecule has 1 unspecified atom stereocenters. The minimum atomic E-state index is -3.67. The van der Waals surface area contributed by atoms with Crippen LogP contribution in [-0.2, 0) is 26.9 Å². The number of likely N-dealkylation sites (tertiary alicyclic amines) is 1. The van der Waals surface area contributed by atoms with Crippen molar-refractivity contribution < 1.29 is 32.4 Å². The lowest BCUT2D eigenvalue weighted by Crippen LogP contribution is -2.44. The second kappa shape index (κ2) is 10.3. The third kappa shape index (κ3) is 7.31. The number of benzene rings is 2. The Morgan fingerprint density at radius 2 is 1.82 bits per heavy atom. The molecule has 2 aromatic rings. The van der Waals surface area contributed by atoms with Gasteiger partial charge in [-0.1, -0.05) is 24.3 Å². The summed E-state index contributed by atoms with van der Waals surface area (Å²) >= 11 is 0. The number of amides is 1. The van der Waals surface area contributed by atoms with E-state index in [-0.39, 0.29) is 11.7 Å². The lowest BCUT2D eigenvalue weighted by Gasteiger charge is -2.39. The highest BCUT2D eigenvalue weighted by Crippen LogP contribution is 2.34. The number of nitrogens with one attached hydrogen (secondary N) is 1. The highest BCUT2D eigenvalue weighted by atomic mass is 32.2. The van der Waals surface area contributed by atoms with Gasteiger partial charge in [0.2, 0.25) is 5.91 Å². The van der Waals surface area contributed by atoms with Crippen molar-refractivity contribution in [3.05, 3.63) is 65.0 Å². The highest BCUT2D eigenvalue weighted by Gasteiger charge is 2.34. The predicted molar refractivity (Wildman–Crippen MR) is 122 cm³/mol. The zero-order valence-corrected chi connectivity index (χ0v) is 19.2. The molecule has 10 heteroatoms. The first-order chi connectivity index (χ1) is 15.4. The van der Waals surface area contributed by atoms with Crippen molar-refractivity contribution in [2.45, 2.75) is 37.4 Å². The van der Waals surface area contributed by atoms with Crippen molar-refractivity contribution in [2.24, 2.45) is 0 Å². The van der Waals surface area contributed by atoms with E-state index in [1.165, 1.54) is 12.1 Å². The third-order valence-corrected chi connectivity index (χ3v) is 5.89. The molecule has 1 amide bonds. The van der Waals surface area contributed by atoms with Crippen molar-refractivity contribution in [3.8, 4) is 0 Å². The number of fused-ring (bicyclic) bond motifs is 1. The first kappa shape index (κ1) is 25.3. The van der Waals surface area contributed by atoms with Gasteiger partial charge in [-0.3, -0.25) is 9.35 Å². The van der Waals surface area contributed by atoms with Crippen LogP contribution in [0.2, 0.25) is 0 Å². The average Bonchev–Trinajstić information content (AvgIpc) is 2.74. The molecular weight excluding hydrogens is 451 g/mol. The van der Waals surface area contributed by atoms with E-state index in [1.807, 2.05) is 18.2 Å². The van der Waals surface area contributed by atoms with Crippen molar-refractivity contribution in [2.75, 3.05) is 31.2 Å². The summed E-state index contributed by atoms with van der Waals surface area (Å²) in [5.41, 5.74) is 2.30. The molecule has 2 aliphatic rings. The summed E-state index contributed by atoms with van der Waals surface area (Å²) in [6, 6.07) is 11.8. The molecule has 1 atom stereocenters. The van der Waals surface area contributed by atoms with Crippen LogP contribution < -0.4 is 5.32 Å². The second-order valence-corrected chi connectivity index (χ2v) is 10.0. The number of halogens is 1. The van der Waals surface area contributed by atoms with Crippen LogP contribution in [0.5, 0.6) is 0 Å². The van der Waals surface area contributed by atoms with Gasteiger partial charge in [0.15, 0.2) is 0 Å². The van der Waals surface area contributed by atoms with Crippen molar-refractivity contribution in [1.29, 1.82) is 0 Å². The molecule has 2 heterocycles. The van der Waals surface area contributed by atoms with E-state index in [0.29, 0.717) is 57.1 Å². The third-order valence-electron chi connectivity index (χ3n) is 5.89. The van der Waals surface area contributed by atoms with E-state index in [2.05, 4.69) is 10.2 Å². The molecule has 0 radical (unpaired) electrons. The summed E-state index contributed by atoms with van der Waals surface area (Å²) in [7, 11) is -3.67. The monoisotopic (exact) mass is 480 g/mol. The zero-order chi connectivity index (χ0) is 24.2. The molecule has 0 spiro atoms. The highest BCUT2D eigenvalue weighted by molar-refractivity contribution is 7.85. The van der Waals surface area contributed by atoms with E-state index in [9.17, 15) is 27.8 Å². The fourth-order valence-corrected chi connectivity index (χ4v) is 4.13. The molecule has 2 aliphatic heterocycles. The molecule has 0 saturated carbocycles. The lowest BCUT2D eigenvalue weighted by molar-refractivity contribution is -0.116. The lowest BCUT2D eigenvalue weighted by atomic mass is 9.84. The summed E-state index contributed by atoms with van der Waals surface area (Å²) in [4.78, 5) is 13.6. The minimum absolute atomic E-state index is 0.0277. The van der Waals surface area contributed by atoms with E-state index in [4.69, 9.17) is 4.55 Å². The Balaban J connectivity index is 0.000000555. The fourth-order valence-electron chi connectivity index (χ4n) is 4.13. The van der Waals surface area contributed by atoms with Crippen LogP contribution >= 0.6 is 0 Å². The Bertz CT molecular complexity index is 1090. The number of carbonyl (C=O) groups is 1. The Morgan fingerprint density at radius 3 is 2.45 bits per heavy atom. The van der Waals surface area contributed by atoms with Gasteiger partial charge in [-0.15, -0.1) is 0 Å². The molecule has 8 nitrogen and oxygen atoms in total. The summed E-state index contributed by atoms with van der Waals surface area (Å²) < 4.78 is 39.4. The average molecular weight is 481 g/mol. The van der Waals surface area contributed by atoms with Crippen molar-refractivity contribution >= 4 is 21.7 Å². The molecule has 180 valence electrons. The molecule has 0 bridgehead atoms. The molecule has 0 aromatic heterocycles. The van der Waals surface area contributed by atoms with Gasteiger partial charge in [0.05, 0.1) is 18.0 Å². The maximum Gasteiger partial charge on any atom is 0.261 e. The second-order valence-electron chi connectivity index (χ2n) is 8.56. The molecule has 0 aliphatic carbocycles. The van der Waals surface area contributed by atoms with E-state index < -0.39 is 21.8 Å². The van der Waals surface area contributed by atoms with Crippen LogP contribution in [0.1, 0.15) is 42.1 Å². The molecule has 1 saturated heterocycles. The molecule has 2 aromatic carbocycles. The van der Waals surface area contributed by atoms with E-state index in [0.717, 1.165) is 16.8 Å². The number of β-amino-alcohol motifs (C(OH)–C–C–N with tert-alkyl or cyclic N) is 1. The number of carbonyl (C=O) groups excluding carboxylic acids is 1. The summed E-state index contributed by atoms with van der Waals surface area (Å²) in [5, 5.41) is 24.4. The Morgan fingerprint density at radius 1 is 1.15 bits per heavy atom.